The molecule has 0 aliphatic heterocycles. The molecule has 3 rings (SSSR count). The van der Waals surface area contributed by atoms with Crippen LogP contribution < -0.4 is 15.4 Å². The second-order valence-electron chi connectivity index (χ2n) is 6.04. The molecule has 7 nitrogen and oxygen atoms in total. The van der Waals surface area contributed by atoms with Crippen LogP contribution in [0.1, 0.15) is 21.7 Å². The van der Waals surface area contributed by atoms with Crippen LogP contribution in [-0.2, 0) is 11.3 Å². The quantitative estimate of drug-likeness (QED) is 0.602. The highest BCUT2D eigenvalue weighted by Gasteiger charge is 2.07. The lowest BCUT2D eigenvalue weighted by molar-refractivity contribution is 0.0601. The second-order valence-corrected chi connectivity index (χ2v) is 6.04. The molecule has 1 heterocycles. The smallest absolute Gasteiger partial charge is 0.337 e. The molecule has 28 heavy (non-hydrogen) atoms. The highest BCUT2D eigenvalue weighted by Crippen LogP contribution is 2.21. The van der Waals surface area contributed by atoms with Crippen LogP contribution in [-0.4, -0.2) is 30.2 Å². The van der Waals surface area contributed by atoms with Crippen molar-refractivity contribution >= 4 is 23.3 Å². The number of methoxy groups -OCH3 is 2. The van der Waals surface area contributed by atoms with E-state index in [1.54, 1.807) is 31.4 Å². The molecule has 0 atom stereocenters. The molecule has 0 saturated carbocycles. The average Bonchev–Trinajstić information content (AvgIpc) is 2.72. The summed E-state index contributed by atoms with van der Waals surface area (Å²) in [6.45, 7) is 2.41. The number of carbonyl (C=O) groups is 1. The lowest BCUT2D eigenvalue weighted by Crippen LogP contribution is -2.06. The first-order valence-corrected chi connectivity index (χ1v) is 8.76. The molecule has 0 aliphatic carbocycles. The fourth-order valence-electron chi connectivity index (χ4n) is 2.71. The highest BCUT2D eigenvalue weighted by molar-refractivity contribution is 5.89. The maximum Gasteiger partial charge on any atom is 0.337 e. The number of para-hydroxylation sites is 1. The molecular weight excluding hydrogens is 356 g/mol. The Morgan fingerprint density at radius 3 is 2.43 bits per heavy atom. The first-order valence-electron chi connectivity index (χ1n) is 8.76. The number of nitrogens with one attached hydrogen (secondary N) is 2. The maximum atomic E-state index is 11.5. The first-order chi connectivity index (χ1) is 13.6. The molecule has 0 saturated heterocycles. The normalized spacial score (nSPS) is 10.2. The summed E-state index contributed by atoms with van der Waals surface area (Å²) in [6.07, 6.45) is 0. The molecule has 0 unspecified atom stereocenters. The van der Waals surface area contributed by atoms with Gasteiger partial charge in [0.1, 0.15) is 23.2 Å². The number of aromatic nitrogens is 2. The summed E-state index contributed by atoms with van der Waals surface area (Å²) in [6, 6.07) is 16.6. The van der Waals surface area contributed by atoms with Gasteiger partial charge in [-0.1, -0.05) is 18.2 Å². The molecule has 0 aliphatic rings. The predicted molar refractivity (Wildman–Crippen MR) is 108 cm³/mol. The molecule has 2 N–H and O–H groups in total. The summed E-state index contributed by atoms with van der Waals surface area (Å²) < 4.78 is 10.1. The van der Waals surface area contributed by atoms with Crippen molar-refractivity contribution in [2.45, 2.75) is 13.5 Å². The summed E-state index contributed by atoms with van der Waals surface area (Å²) in [5.41, 5.74) is 2.33. The minimum Gasteiger partial charge on any atom is -0.496 e. The third-order valence-corrected chi connectivity index (χ3v) is 4.07. The van der Waals surface area contributed by atoms with Gasteiger partial charge in [0.15, 0.2) is 0 Å². The van der Waals surface area contributed by atoms with Gasteiger partial charge < -0.3 is 20.1 Å². The van der Waals surface area contributed by atoms with E-state index in [0.717, 1.165) is 17.0 Å². The highest BCUT2D eigenvalue weighted by atomic mass is 16.5. The Balaban J connectivity index is 1.71. The van der Waals surface area contributed by atoms with Crippen molar-refractivity contribution in [3.05, 3.63) is 71.5 Å². The van der Waals surface area contributed by atoms with Gasteiger partial charge in [0, 0.05) is 23.9 Å². The zero-order valence-corrected chi connectivity index (χ0v) is 16.0. The van der Waals surface area contributed by atoms with Crippen LogP contribution in [0, 0.1) is 6.92 Å². The second kappa shape index (κ2) is 8.85. The van der Waals surface area contributed by atoms with Crippen LogP contribution in [0.2, 0.25) is 0 Å². The number of carbonyl (C=O) groups excluding carboxylic acids is 1. The zero-order chi connectivity index (χ0) is 19.9. The minimum atomic E-state index is -0.368. The molecule has 2 aromatic carbocycles. The molecule has 0 amide bonds. The van der Waals surface area contributed by atoms with Crippen molar-refractivity contribution in [1.29, 1.82) is 0 Å². The van der Waals surface area contributed by atoms with Crippen molar-refractivity contribution < 1.29 is 14.3 Å². The monoisotopic (exact) mass is 378 g/mol. The van der Waals surface area contributed by atoms with E-state index < -0.39 is 0 Å². The predicted octanol–water partition coefficient (Wildman–Crippen LogP) is 3.94. The topological polar surface area (TPSA) is 85.4 Å². The number of aryl methyl sites for hydroxylation is 1. The molecule has 0 radical (unpaired) electrons. The number of rotatable bonds is 7. The zero-order valence-electron chi connectivity index (χ0n) is 16.0. The summed E-state index contributed by atoms with van der Waals surface area (Å²) in [4.78, 5) is 20.4. The van der Waals surface area contributed by atoms with Crippen LogP contribution in [0.3, 0.4) is 0 Å². The summed E-state index contributed by atoms with van der Waals surface area (Å²) in [5.74, 6) is 2.45. The van der Waals surface area contributed by atoms with Crippen LogP contribution in [0.25, 0.3) is 0 Å². The third-order valence-electron chi connectivity index (χ3n) is 4.07. The van der Waals surface area contributed by atoms with Gasteiger partial charge in [-0.25, -0.2) is 14.8 Å². The van der Waals surface area contributed by atoms with E-state index in [-0.39, 0.29) is 5.97 Å². The molecule has 144 valence electrons. The standard InChI is InChI=1S/C21H22N4O3/c1-14-23-19(22-13-16-6-4-5-7-18(16)27-2)12-20(24-14)25-17-10-8-15(9-11-17)21(26)28-3/h4-12H,13H2,1-3H3,(H2,22,23,24,25). The van der Waals surface area contributed by atoms with Gasteiger partial charge in [0.2, 0.25) is 0 Å². The molecular formula is C21H22N4O3. The van der Waals surface area contributed by atoms with Crippen molar-refractivity contribution in [2.24, 2.45) is 0 Å². The number of benzene rings is 2. The van der Waals surface area contributed by atoms with E-state index in [0.29, 0.717) is 29.6 Å². The third kappa shape index (κ3) is 4.76. The Labute approximate surface area is 163 Å². The fraction of sp³-hybridized carbons (Fsp3) is 0.190. The number of ether oxygens (including phenoxy) is 2. The number of anilines is 3. The molecule has 0 fully saturated rings. The van der Waals surface area contributed by atoms with Crippen molar-refractivity contribution in [3.63, 3.8) is 0 Å². The summed E-state index contributed by atoms with van der Waals surface area (Å²) in [5, 5.41) is 6.52. The van der Waals surface area contributed by atoms with E-state index in [9.17, 15) is 4.79 Å². The van der Waals surface area contributed by atoms with Crippen LogP contribution in [0.5, 0.6) is 5.75 Å². The number of nitrogens with zero attached hydrogens (tertiary/aromatic N) is 2. The van der Waals surface area contributed by atoms with Crippen molar-refractivity contribution in [1.82, 2.24) is 9.97 Å². The Morgan fingerprint density at radius 1 is 1.00 bits per heavy atom. The van der Waals surface area contributed by atoms with Gasteiger partial charge in [0.05, 0.1) is 19.8 Å². The van der Waals surface area contributed by atoms with Crippen molar-refractivity contribution in [2.75, 3.05) is 24.9 Å². The number of hydrogen-bond donors (Lipinski definition) is 2. The van der Waals surface area contributed by atoms with Crippen LogP contribution in [0.15, 0.2) is 54.6 Å². The lowest BCUT2D eigenvalue weighted by Gasteiger charge is -2.12. The maximum absolute atomic E-state index is 11.5. The van der Waals surface area contributed by atoms with E-state index in [1.807, 2.05) is 37.3 Å². The van der Waals surface area contributed by atoms with E-state index in [1.165, 1.54) is 7.11 Å². The Bertz CT molecular complexity index is 958. The van der Waals surface area contributed by atoms with Crippen molar-refractivity contribution in [3.8, 4) is 5.75 Å². The van der Waals surface area contributed by atoms with Gasteiger partial charge in [0.25, 0.3) is 0 Å². The SMILES string of the molecule is COC(=O)c1ccc(Nc2cc(NCc3ccccc3OC)nc(C)n2)cc1. The van der Waals surface area contributed by atoms with Gasteiger partial charge in [-0.3, -0.25) is 0 Å². The Morgan fingerprint density at radius 2 is 1.71 bits per heavy atom. The van der Waals surface area contributed by atoms with Crippen LogP contribution in [0.4, 0.5) is 17.3 Å². The molecule has 1 aromatic heterocycles. The first kappa shape index (κ1) is 19.2. The minimum absolute atomic E-state index is 0.368. The summed E-state index contributed by atoms with van der Waals surface area (Å²) in [7, 11) is 3.01. The van der Waals surface area contributed by atoms with Gasteiger partial charge in [-0.2, -0.15) is 0 Å². The molecule has 0 spiro atoms. The average molecular weight is 378 g/mol. The van der Waals surface area contributed by atoms with Gasteiger partial charge >= 0.3 is 5.97 Å². The lowest BCUT2D eigenvalue weighted by atomic mass is 10.2. The number of esters is 1. The molecule has 0 bridgehead atoms. The van der Waals surface area contributed by atoms with Gasteiger partial charge in [-0.15, -0.1) is 0 Å². The number of hydrogen-bond acceptors (Lipinski definition) is 7. The largest absolute Gasteiger partial charge is 0.496 e. The van der Waals surface area contributed by atoms with E-state index in [4.69, 9.17) is 9.47 Å². The van der Waals surface area contributed by atoms with E-state index >= 15 is 0 Å². The molecule has 3 aromatic rings. The summed E-state index contributed by atoms with van der Waals surface area (Å²) >= 11 is 0. The van der Waals surface area contributed by atoms with E-state index in [2.05, 4.69) is 20.6 Å². The molecule has 7 heteroatoms. The fourth-order valence-corrected chi connectivity index (χ4v) is 2.71. The van der Waals surface area contributed by atoms with Gasteiger partial charge in [-0.05, 0) is 37.3 Å². The van der Waals surface area contributed by atoms with Crippen LogP contribution >= 0.6 is 0 Å². The Hall–Kier alpha value is -3.61. The Kier molecular flexibility index (Phi) is 6.06.